The largest absolute Gasteiger partial charge is 0.484 e. The molecule has 138 valence electrons. The minimum atomic E-state index is -4.66. The minimum absolute atomic E-state index is 0.340. The summed E-state index contributed by atoms with van der Waals surface area (Å²) in [5, 5.41) is 8.96. The molecule has 1 saturated heterocycles. The molecule has 2 atom stereocenters. The van der Waals surface area contributed by atoms with Crippen molar-refractivity contribution in [3.05, 3.63) is 29.8 Å². The molecule has 1 aliphatic rings. The van der Waals surface area contributed by atoms with Crippen LogP contribution in [0.2, 0.25) is 0 Å². The van der Waals surface area contributed by atoms with Crippen molar-refractivity contribution in [3.63, 3.8) is 0 Å². The second-order valence-electron chi connectivity index (χ2n) is 6.40. The second kappa shape index (κ2) is 7.33. The maximum atomic E-state index is 12.9. The monoisotopic (exact) mass is 359 g/mol. The van der Waals surface area contributed by atoms with E-state index in [1.165, 1.54) is 0 Å². The van der Waals surface area contributed by atoms with E-state index in [0.29, 0.717) is 11.7 Å². The zero-order valence-corrected chi connectivity index (χ0v) is 13.9. The summed E-state index contributed by atoms with van der Waals surface area (Å²) in [6, 6.07) is 7.07. The van der Waals surface area contributed by atoms with Gasteiger partial charge in [0.2, 0.25) is 0 Å². The highest BCUT2D eigenvalue weighted by Crippen LogP contribution is 2.37. The van der Waals surface area contributed by atoms with Gasteiger partial charge in [-0.1, -0.05) is 26.0 Å². The zero-order valence-electron chi connectivity index (χ0n) is 13.9. The number of halogens is 3. The molecule has 25 heavy (non-hydrogen) atoms. The zero-order chi connectivity index (χ0) is 18.8. The molecule has 1 amide bonds. The van der Waals surface area contributed by atoms with Crippen molar-refractivity contribution in [2.45, 2.75) is 25.9 Å². The van der Waals surface area contributed by atoms with Crippen molar-refractivity contribution in [1.82, 2.24) is 4.90 Å². The van der Waals surface area contributed by atoms with Gasteiger partial charge in [0.15, 0.2) is 6.61 Å². The van der Waals surface area contributed by atoms with Crippen LogP contribution < -0.4 is 4.74 Å². The lowest BCUT2D eigenvalue weighted by Gasteiger charge is -2.18. The first kappa shape index (κ1) is 19.1. The smallest absolute Gasteiger partial charge is 0.394 e. The molecule has 1 aromatic rings. The van der Waals surface area contributed by atoms with Gasteiger partial charge >= 0.3 is 12.1 Å². The van der Waals surface area contributed by atoms with E-state index >= 15 is 0 Å². The molecule has 0 spiro atoms. The molecular formula is C17H20F3NO4. The first-order valence-electron chi connectivity index (χ1n) is 7.89. The van der Waals surface area contributed by atoms with Crippen LogP contribution in [0, 0.1) is 11.8 Å². The fraction of sp³-hybridized carbons (Fsp3) is 0.529. The van der Waals surface area contributed by atoms with Crippen LogP contribution in [0.25, 0.3) is 0 Å². The van der Waals surface area contributed by atoms with Crippen LogP contribution in [-0.2, 0) is 9.59 Å². The summed E-state index contributed by atoms with van der Waals surface area (Å²) in [6.45, 7) is 2.51. The van der Waals surface area contributed by atoms with E-state index < -0.39 is 49.6 Å². The van der Waals surface area contributed by atoms with E-state index in [1.54, 1.807) is 12.1 Å². The molecule has 1 aliphatic heterocycles. The summed E-state index contributed by atoms with van der Waals surface area (Å²) >= 11 is 0. The Morgan fingerprint density at radius 1 is 1.24 bits per heavy atom. The lowest BCUT2D eigenvalue weighted by Crippen LogP contribution is -2.35. The maximum absolute atomic E-state index is 12.9. The van der Waals surface area contributed by atoms with Crippen molar-refractivity contribution in [2.24, 2.45) is 11.8 Å². The molecule has 0 aromatic heterocycles. The highest BCUT2D eigenvalue weighted by atomic mass is 19.4. The Kier molecular flexibility index (Phi) is 5.59. The number of carboxylic acids is 1. The van der Waals surface area contributed by atoms with Gasteiger partial charge in [0.25, 0.3) is 5.91 Å². The van der Waals surface area contributed by atoms with Crippen LogP contribution in [0.3, 0.4) is 0 Å². The molecule has 0 radical (unpaired) electrons. The van der Waals surface area contributed by atoms with Gasteiger partial charge in [0.1, 0.15) is 5.75 Å². The van der Waals surface area contributed by atoms with Crippen LogP contribution in [0.15, 0.2) is 24.3 Å². The Balaban J connectivity index is 1.96. The third-order valence-electron chi connectivity index (χ3n) is 4.32. The second-order valence-corrected chi connectivity index (χ2v) is 6.40. The molecule has 1 heterocycles. The number of benzene rings is 1. The van der Waals surface area contributed by atoms with Gasteiger partial charge < -0.3 is 14.7 Å². The van der Waals surface area contributed by atoms with E-state index in [-0.39, 0.29) is 0 Å². The van der Waals surface area contributed by atoms with E-state index in [2.05, 4.69) is 0 Å². The number of ether oxygens (including phenoxy) is 1. The SMILES string of the molecule is CC(C)c1ccc(OCC(=O)N2C[C@@H](C(F)(F)F)[C@H](C(=O)O)C2)cc1. The molecule has 5 nitrogen and oxygen atoms in total. The van der Waals surface area contributed by atoms with Crippen molar-refractivity contribution in [3.8, 4) is 5.75 Å². The number of rotatable bonds is 5. The normalized spacial score (nSPS) is 20.8. The molecule has 0 saturated carbocycles. The molecule has 1 N–H and O–H groups in total. The van der Waals surface area contributed by atoms with E-state index in [9.17, 15) is 22.8 Å². The first-order valence-corrected chi connectivity index (χ1v) is 7.89. The summed E-state index contributed by atoms with van der Waals surface area (Å²) in [7, 11) is 0. The number of alkyl halides is 3. The number of carboxylic acid groups (broad SMARTS) is 1. The third-order valence-corrected chi connectivity index (χ3v) is 4.32. The lowest BCUT2D eigenvalue weighted by atomic mass is 9.96. The van der Waals surface area contributed by atoms with Crippen molar-refractivity contribution in [2.75, 3.05) is 19.7 Å². The van der Waals surface area contributed by atoms with Crippen LogP contribution in [0.5, 0.6) is 5.75 Å². The lowest BCUT2D eigenvalue weighted by molar-refractivity contribution is -0.188. The van der Waals surface area contributed by atoms with Gasteiger partial charge in [-0.2, -0.15) is 13.2 Å². The van der Waals surface area contributed by atoms with Crippen molar-refractivity contribution < 1.29 is 32.6 Å². The van der Waals surface area contributed by atoms with Crippen molar-refractivity contribution in [1.29, 1.82) is 0 Å². The van der Waals surface area contributed by atoms with Gasteiger partial charge in [0, 0.05) is 13.1 Å². The molecule has 1 fully saturated rings. The fourth-order valence-corrected chi connectivity index (χ4v) is 2.77. The summed E-state index contributed by atoms with van der Waals surface area (Å²) in [5.74, 6) is -5.14. The van der Waals surface area contributed by atoms with E-state index in [4.69, 9.17) is 9.84 Å². The summed E-state index contributed by atoms with van der Waals surface area (Å²) in [6.07, 6.45) is -4.66. The molecule has 0 unspecified atom stereocenters. The third kappa shape index (κ3) is 4.64. The van der Waals surface area contributed by atoms with Crippen LogP contribution >= 0.6 is 0 Å². The molecule has 8 heteroatoms. The predicted octanol–water partition coefficient (Wildman–Crippen LogP) is 2.91. The molecular weight excluding hydrogens is 339 g/mol. The van der Waals surface area contributed by atoms with E-state index in [1.807, 2.05) is 26.0 Å². The highest BCUT2D eigenvalue weighted by Gasteiger charge is 2.53. The van der Waals surface area contributed by atoms with Crippen LogP contribution in [0.1, 0.15) is 25.3 Å². The van der Waals surface area contributed by atoms with Gasteiger partial charge in [-0.25, -0.2) is 0 Å². The van der Waals surface area contributed by atoms with Crippen LogP contribution in [0.4, 0.5) is 13.2 Å². The van der Waals surface area contributed by atoms with Gasteiger partial charge in [-0.3, -0.25) is 9.59 Å². The average molecular weight is 359 g/mol. The van der Waals surface area contributed by atoms with Gasteiger partial charge in [0.05, 0.1) is 11.8 Å². The first-order chi connectivity index (χ1) is 11.6. The quantitative estimate of drug-likeness (QED) is 0.878. The Hall–Kier alpha value is -2.25. The Morgan fingerprint density at radius 2 is 1.84 bits per heavy atom. The number of nitrogens with zero attached hydrogens (tertiary/aromatic N) is 1. The summed E-state index contributed by atoms with van der Waals surface area (Å²) in [5.41, 5.74) is 1.09. The number of hydrogen-bond donors (Lipinski definition) is 1. The van der Waals surface area contributed by atoms with Gasteiger partial charge in [-0.05, 0) is 23.6 Å². The fourth-order valence-electron chi connectivity index (χ4n) is 2.77. The van der Waals surface area contributed by atoms with E-state index in [0.717, 1.165) is 10.5 Å². The number of carbonyl (C=O) groups excluding carboxylic acids is 1. The summed E-state index contributed by atoms with van der Waals surface area (Å²) < 4.78 is 44.1. The Bertz CT molecular complexity index is 628. The Morgan fingerprint density at radius 3 is 2.28 bits per heavy atom. The standard InChI is InChI=1S/C17H20F3NO4/c1-10(2)11-3-5-12(6-4-11)25-9-15(22)21-7-13(16(23)24)14(8-21)17(18,19)20/h3-6,10,13-14H,7-9H2,1-2H3,(H,23,24)/t13-,14-/m1/s1. The minimum Gasteiger partial charge on any atom is -0.484 e. The number of amides is 1. The number of likely N-dealkylation sites (tertiary alicyclic amines) is 1. The highest BCUT2D eigenvalue weighted by molar-refractivity contribution is 5.80. The van der Waals surface area contributed by atoms with Crippen LogP contribution in [-0.4, -0.2) is 47.8 Å². The maximum Gasteiger partial charge on any atom is 0.394 e. The molecule has 0 bridgehead atoms. The molecule has 0 aliphatic carbocycles. The molecule has 2 rings (SSSR count). The number of hydrogen-bond acceptors (Lipinski definition) is 3. The number of aliphatic carboxylic acids is 1. The summed E-state index contributed by atoms with van der Waals surface area (Å²) in [4.78, 5) is 24.0. The predicted molar refractivity (Wildman–Crippen MR) is 83.3 cm³/mol. The average Bonchev–Trinajstić information content (AvgIpc) is 2.99. The van der Waals surface area contributed by atoms with Crippen molar-refractivity contribution >= 4 is 11.9 Å². The van der Waals surface area contributed by atoms with Gasteiger partial charge in [-0.15, -0.1) is 0 Å². The Labute approximate surface area is 143 Å². The number of carbonyl (C=O) groups is 2. The molecule has 1 aromatic carbocycles. The topological polar surface area (TPSA) is 66.8 Å².